The van der Waals surface area contributed by atoms with E-state index in [1.54, 1.807) is 0 Å². The van der Waals surface area contributed by atoms with E-state index in [1.165, 1.54) is 0 Å². The summed E-state index contributed by atoms with van der Waals surface area (Å²) in [5.41, 5.74) is -0.0686. The van der Waals surface area contributed by atoms with Crippen molar-refractivity contribution in [1.29, 1.82) is 0 Å². The molecule has 106 valence electrons. The molecule has 3 fully saturated rings. The Morgan fingerprint density at radius 3 is 2.33 bits per heavy atom. The van der Waals surface area contributed by atoms with Crippen molar-refractivity contribution >= 4 is 18.3 Å². The van der Waals surface area contributed by atoms with Gasteiger partial charge in [-0.15, -0.1) is 12.4 Å². The van der Waals surface area contributed by atoms with Crippen molar-refractivity contribution in [3.63, 3.8) is 0 Å². The average Bonchev–Trinajstić information content (AvgIpc) is 2.59. The summed E-state index contributed by atoms with van der Waals surface area (Å²) in [6.45, 7) is 10.7. The molecule has 1 N–H and O–H groups in total. The number of carbonyl (C=O) groups excluding carboxylic acids is 1. The lowest BCUT2D eigenvalue weighted by atomic mass is 9.67. The predicted molar refractivity (Wildman–Crippen MR) is 74.1 cm³/mol. The van der Waals surface area contributed by atoms with E-state index in [4.69, 9.17) is 4.74 Å². The Labute approximate surface area is 116 Å². The first-order chi connectivity index (χ1) is 7.93. The van der Waals surface area contributed by atoms with Crippen molar-refractivity contribution < 1.29 is 9.53 Å². The molecule has 0 aromatic rings. The van der Waals surface area contributed by atoms with Gasteiger partial charge in [0, 0.05) is 12.8 Å². The predicted octanol–water partition coefficient (Wildman–Crippen LogP) is 1.58. The Hall–Kier alpha value is -0.320. The maximum absolute atomic E-state index is 12.0. The fourth-order valence-corrected chi connectivity index (χ4v) is 3.35. The summed E-state index contributed by atoms with van der Waals surface area (Å²) >= 11 is 0. The van der Waals surface area contributed by atoms with Gasteiger partial charge in [0.05, 0.1) is 23.8 Å². The van der Waals surface area contributed by atoms with Crippen LogP contribution in [-0.4, -0.2) is 47.7 Å². The van der Waals surface area contributed by atoms with Gasteiger partial charge >= 0.3 is 0 Å². The maximum Gasteiger partial charge on any atom is 0.234 e. The van der Waals surface area contributed by atoms with Gasteiger partial charge in [0.1, 0.15) is 0 Å². The van der Waals surface area contributed by atoms with Crippen LogP contribution in [0.1, 0.15) is 40.5 Å². The quantitative estimate of drug-likeness (QED) is 0.829. The summed E-state index contributed by atoms with van der Waals surface area (Å²) in [5, 5.41) is 3.19. The van der Waals surface area contributed by atoms with E-state index in [0.29, 0.717) is 6.54 Å². The lowest BCUT2D eigenvalue weighted by molar-refractivity contribution is -0.125. The Morgan fingerprint density at radius 1 is 1.39 bits per heavy atom. The molecule has 1 unspecified atom stereocenters. The van der Waals surface area contributed by atoms with Crippen LogP contribution in [0.4, 0.5) is 0 Å². The summed E-state index contributed by atoms with van der Waals surface area (Å²) in [5.74, 6) is 0.133. The van der Waals surface area contributed by atoms with E-state index in [1.807, 2.05) is 0 Å². The molecular formula is C13H25ClN2O2. The van der Waals surface area contributed by atoms with Gasteiger partial charge in [-0.1, -0.05) is 13.8 Å². The van der Waals surface area contributed by atoms with Gasteiger partial charge in [0.15, 0.2) is 0 Å². The molecule has 2 bridgehead atoms. The molecule has 2 saturated heterocycles. The Balaban J connectivity index is 0.00000162. The van der Waals surface area contributed by atoms with Gasteiger partial charge in [-0.25, -0.2) is 0 Å². The zero-order valence-corrected chi connectivity index (χ0v) is 12.6. The van der Waals surface area contributed by atoms with Crippen LogP contribution in [0.2, 0.25) is 0 Å². The first kappa shape index (κ1) is 15.7. The number of carbonyl (C=O) groups is 1. The second-order valence-corrected chi connectivity index (χ2v) is 5.73. The van der Waals surface area contributed by atoms with Crippen LogP contribution in [0, 0.1) is 0 Å². The van der Waals surface area contributed by atoms with Crippen LogP contribution >= 0.6 is 12.4 Å². The maximum atomic E-state index is 12.0. The Morgan fingerprint density at radius 2 is 1.94 bits per heavy atom. The molecular weight excluding hydrogens is 252 g/mol. The molecule has 4 nitrogen and oxygen atoms in total. The van der Waals surface area contributed by atoms with E-state index in [0.717, 1.165) is 25.9 Å². The van der Waals surface area contributed by atoms with Crippen molar-refractivity contribution in [3.05, 3.63) is 0 Å². The lowest BCUT2D eigenvalue weighted by Gasteiger charge is -2.44. The number of hydrogen-bond donors (Lipinski definition) is 1. The number of rotatable bonds is 5. The number of fused-ring (bicyclic) bond motifs is 1. The molecule has 5 heteroatoms. The van der Waals surface area contributed by atoms with E-state index in [2.05, 4.69) is 37.9 Å². The summed E-state index contributed by atoms with van der Waals surface area (Å²) in [6, 6.07) is 0. The second kappa shape index (κ2) is 5.35. The zero-order chi connectivity index (χ0) is 12.7. The summed E-state index contributed by atoms with van der Waals surface area (Å²) in [7, 11) is 0. The minimum absolute atomic E-state index is 0. The highest BCUT2D eigenvalue weighted by molar-refractivity contribution is 5.85. The molecule has 0 spiro atoms. The minimum Gasteiger partial charge on any atom is -0.370 e. The van der Waals surface area contributed by atoms with E-state index in [-0.39, 0.29) is 35.6 Å². The number of nitrogens with one attached hydrogen (secondary N) is 1. The summed E-state index contributed by atoms with van der Waals surface area (Å²) in [4.78, 5) is 14.1. The SMILES string of the molecule is CCN(CC)CC(=O)NC12CC(C)(C1)OC2C.Cl. The van der Waals surface area contributed by atoms with Crippen molar-refractivity contribution in [2.75, 3.05) is 19.6 Å². The van der Waals surface area contributed by atoms with E-state index >= 15 is 0 Å². The first-order valence-electron chi connectivity index (χ1n) is 6.64. The molecule has 1 atom stereocenters. The van der Waals surface area contributed by atoms with Crippen molar-refractivity contribution in [2.24, 2.45) is 0 Å². The highest BCUT2D eigenvalue weighted by atomic mass is 35.5. The van der Waals surface area contributed by atoms with Gasteiger partial charge in [0.2, 0.25) is 5.91 Å². The van der Waals surface area contributed by atoms with Crippen LogP contribution in [0.25, 0.3) is 0 Å². The first-order valence-corrected chi connectivity index (χ1v) is 6.64. The third-order valence-corrected chi connectivity index (χ3v) is 4.27. The van der Waals surface area contributed by atoms with E-state index in [9.17, 15) is 4.79 Å². The zero-order valence-electron chi connectivity index (χ0n) is 11.8. The molecule has 0 aromatic carbocycles. The highest BCUT2D eigenvalue weighted by Gasteiger charge is 2.64. The number of ether oxygens (including phenoxy) is 1. The monoisotopic (exact) mass is 276 g/mol. The third kappa shape index (κ3) is 2.65. The van der Waals surface area contributed by atoms with Crippen LogP contribution in [0.3, 0.4) is 0 Å². The van der Waals surface area contributed by atoms with Crippen molar-refractivity contribution in [2.45, 2.75) is 57.8 Å². The van der Waals surface area contributed by atoms with Gasteiger partial charge in [-0.3, -0.25) is 9.69 Å². The molecule has 1 amide bonds. The van der Waals surface area contributed by atoms with Crippen molar-refractivity contribution in [3.8, 4) is 0 Å². The Bertz CT molecular complexity index is 312. The summed E-state index contributed by atoms with van der Waals surface area (Å²) < 4.78 is 5.86. The van der Waals surface area contributed by atoms with E-state index < -0.39 is 0 Å². The van der Waals surface area contributed by atoms with Gasteiger partial charge in [-0.2, -0.15) is 0 Å². The Kier molecular flexibility index (Phi) is 4.68. The smallest absolute Gasteiger partial charge is 0.234 e. The molecule has 1 aliphatic carbocycles. The number of halogens is 1. The average molecular weight is 277 g/mol. The second-order valence-electron chi connectivity index (χ2n) is 5.73. The topological polar surface area (TPSA) is 41.6 Å². The van der Waals surface area contributed by atoms with Crippen LogP contribution in [0.15, 0.2) is 0 Å². The van der Waals surface area contributed by atoms with Gasteiger partial charge < -0.3 is 10.1 Å². The van der Waals surface area contributed by atoms with Crippen molar-refractivity contribution in [1.82, 2.24) is 10.2 Å². The number of likely N-dealkylation sites (N-methyl/N-ethyl adjacent to an activating group) is 1. The van der Waals surface area contributed by atoms with Crippen LogP contribution < -0.4 is 5.32 Å². The molecule has 0 radical (unpaired) electrons. The molecule has 2 aliphatic heterocycles. The number of amides is 1. The highest BCUT2D eigenvalue weighted by Crippen LogP contribution is 2.54. The molecule has 0 aromatic heterocycles. The van der Waals surface area contributed by atoms with Crippen LogP contribution in [-0.2, 0) is 9.53 Å². The number of nitrogens with zero attached hydrogens (tertiary/aromatic N) is 1. The summed E-state index contributed by atoms with van der Waals surface area (Å²) in [6.07, 6.45) is 2.07. The van der Waals surface area contributed by atoms with Crippen LogP contribution in [0.5, 0.6) is 0 Å². The minimum atomic E-state index is -0.0843. The van der Waals surface area contributed by atoms with Gasteiger partial charge in [0.25, 0.3) is 0 Å². The fraction of sp³-hybridized carbons (Fsp3) is 0.923. The molecule has 1 saturated carbocycles. The fourth-order valence-electron chi connectivity index (χ4n) is 3.35. The normalized spacial score (nSPS) is 37.1. The lowest BCUT2D eigenvalue weighted by Crippen LogP contribution is -2.61. The molecule has 3 aliphatic rings. The number of hydrogen-bond acceptors (Lipinski definition) is 3. The standard InChI is InChI=1S/C13H24N2O2.ClH/c1-5-15(6-2)7-11(16)14-13-8-12(4,9-13)17-10(13)3;/h10H,5-9H2,1-4H3,(H,14,16);1H. The molecule has 18 heavy (non-hydrogen) atoms. The molecule has 3 rings (SSSR count). The third-order valence-electron chi connectivity index (χ3n) is 4.27. The largest absolute Gasteiger partial charge is 0.370 e. The molecule has 2 heterocycles. The van der Waals surface area contributed by atoms with Gasteiger partial charge in [-0.05, 0) is 26.9 Å².